The van der Waals surface area contributed by atoms with E-state index in [1.54, 1.807) is 39.5 Å². The average Bonchev–Trinajstić information content (AvgIpc) is 2.83. The first kappa shape index (κ1) is 23.4. The van der Waals surface area contributed by atoms with Gasteiger partial charge < -0.3 is 24.8 Å². The number of amides is 2. The van der Waals surface area contributed by atoms with Crippen LogP contribution in [0, 0.1) is 5.92 Å². The van der Waals surface area contributed by atoms with Crippen molar-refractivity contribution in [3.8, 4) is 17.2 Å². The van der Waals surface area contributed by atoms with Crippen LogP contribution >= 0.6 is 0 Å². The first-order valence-corrected chi connectivity index (χ1v) is 10.7. The summed E-state index contributed by atoms with van der Waals surface area (Å²) < 4.78 is 15.9. The monoisotopic (exact) mass is 441 g/mol. The van der Waals surface area contributed by atoms with E-state index in [4.69, 9.17) is 14.2 Å². The third-order valence-electron chi connectivity index (χ3n) is 5.86. The molecule has 1 aliphatic rings. The Morgan fingerprint density at radius 2 is 1.56 bits per heavy atom. The van der Waals surface area contributed by atoms with Gasteiger partial charge in [0.15, 0.2) is 0 Å². The van der Waals surface area contributed by atoms with Crippen molar-refractivity contribution >= 4 is 23.2 Å². The van der Waals surface area contributed by atoms with Crippen LogP contribution in [0.25, 0.3) is 0 Å². The summed E-state index contributed by atoms with van der Waals surface area (Å²) in [5, 5.41) is 5.90. The zero-order chi connectivity index (χ0) is 23.1. The van der Waals surface area contributed by atoms with Crippen LogP contribution in [-0.2, 0) is 9.59 Å². The molecule has 0 aromatic heterocycles. The summed E-state index contributed by atoms with van der Waals surface area (Å²) in [6.45, 7) is 3.19. The summed E-state index contributed by atoms with van der Waals surface area (Å²) in [5.74, 6) is 1.58. The number of para-hydroxylation sites is 2. The molecule has 2 aromatic carbocycles. The maximum Gasteiger partial charge on any atom is 0.241 e. The van der Waals surface area contributed by atoms with Crippen molar-refractivity contribution in [2.75, 3.05) is 45.1 Å². The van der Waals surface area contributed by atoms with Gasteiger partial charge in [-0.2, -0.15) is 0 Å². The molecular weight excluding hydrogens is 410 g/mol. The Morgan fingerprint density at radius 3 is 2.22 bits per heavy atom. The molecule has 2 aromatic rings. The van der Waals surface area contributed by atoms with E-state index in [0.717, 1.165) is 0 Å². The first-order chi connectivity index (χ1) is 15.5. The number of hydrogen-bond donors (Lipinski definition) is 2. The van der Waals surface area contributed by atoms with E-state index in [1.807, 2.05) is 31.2 Å². The molecular formula is C24H31N3O5. The molecule has 2 amide bonds. The summed E-state index contributed by atoms with van der Waals surface area (Å²) in [6, 6.07) is 12.3. The van der Waals surface area contributed by atoms with Gasteiger partial charge in [-0.3, -0.25) is 14.5 Å². The van der Waals surface area contributed by atoms with Gasteiger partial charge in [-0.25, -0.2) is 0 Å². The number of carbonyl (C=O) groups excluding carboxylic acids is 2. The fraction of sp³-hybridized carbons (Fsp3) is 0.417. The zero-order valence-electron chi connectivity index (χ0n) is 19.0. The van der Waals surface area contributed by atoms with E-state index in [0.29, 0.717) is 54.6 Å². The van der Waals surface area contributed by atoms with Gasteiger partial charge in [0.05, 0.1) is 38.7 Å². The summed E-state index contributed by atoms with van der Waals surface area (Å²) in [5.41, 5.74) is 1.23. The predicted octanol–water partition coefficient (Wildman–Crippen LogP) is 3.39. The second kappa shape index (κ2) is 10.9. The lowest BCUT2D eigenvalue weighted by Crippen LogP contribution is -2.47. The molecule has 8 heteroatoms. The lowest BCUT2D eigenvalue weighted by Gasteiger charge is -2.34. The molecule has 3 rings (SSSR count). The van der Waals surface area contributed by atoms with E-state index < -0.39 is 0 Å². The number of piperidine rings is 1. The quantitative estimate of drug-likeness (QED) is 0.653. The van der Waals surface area contributed by atoms with Gasteiger partial charge in [0, 0.05) is 12.0 Å². The van der Waals surface area contributed by atoms with Gasteiger partial charge in [0.25, 0.3) is 0 Å². The molecule has 172 valence electrons. The van der Waals surface area contributed by atoms with Gasteiger partial charge in [-0.15, -0.1) is 0 Å². The number of anilines is 2. The molecule has 0 radical (unpaired) electrons. The number of hydrogen-bond acceptors (Lipinski definition) is 6. The van der Waals surface area contributed by atoms with E-state index in [1.165, 1.54) is 0 Å². The van der Waals surface area contributed by atoms with Crippen LogP contribution in [0.15, 0.2) is 42.5 Å². The maximum absolute atomic E-state index is 12.9. The van der Waals surface area contributed by atoms with E-state index in [-0.39, 0.29) is 23.8 Å². The minimum Gasteiger partial charge on any atom is -0.497 e. The number of ether oxygens (including phenoxy) is 3. The minimum atomic E-state index is -0.343. The van der Waals surface area contributed by atoms with E-state index >= 15 is 0 Å². The Balaban J connectivity index is 1.55. The Kier molecular flexibility index (Phi) is 7.94. The molecule has 1 heterocycles. The largest absolute Gasteiger partial charge is 0.497 e. The lowest BCUT2D eigenvalue weighted by molar-refractivity contribution is -0.123. The Morgan fingerprint density at radius 1 is 0.906 bits per heavy atom. The van der Waals surface area contributed by atoms with E-state index in [9.17, 15) is 9.59 Å². The second-order valence-electron chi connectivity index (χ2n) is 7.73. The number of rotatable bonds is 8. The van der Waals surface area contributed by atoms with Crippen molar-refractivity contribution < 1.29 is 23.8 Å². The molecule has 32 heavy (non-hydrogen) atoms. The Bertz CT molecular complexity index is 941. The summed E-state index contributed by atoms with van der Waals surface area (Å²) in [4.78, 5) is 27.7. The van der Waals surface area contributed by atoms with Crippen molar-refractivity contribution in [3.63, 3.8) is 0 Å². The summed E-state index contributed by atoms with van der Waals surface area (Å²) in [7, 11) is 4.71. The highest BCUT2D eigenvalue weighted by molar-refractivity contribution is 5.96. The van der Waals surface area contributed by atoms with Crippen LogP contribution in [0.2, 0.25) is 0 Å². The zero-order valence-corrected chi connectivity index (χ0v) is 19.0. The fourth-order valence-electron chi connectivity index (χ4n) is 3.85. The highest BCUT2D eigenvalue weighted by Gasteiger charge is 2.30. The molecule has 1 unspecified atom stereocenters. The van der Waals surface area contributed by atoms with Crippen molar-refractivity contribution in [1.82, 2.24) is 4.90 Å². The van der Waals surface area contributed by atoms with Crippen molar-refractivity contribution in [1.29, 1.82) is 0 Å². The SMILES string of the molecule is COc1ccc(OC)c(NC(=O)C(C)N2CCC(C(=O)Nc3ccccc3OC)CC2)c1. The lowest BCUT2D eigenvalue weighted by atomic mass is 9.94. The van der Waals surface area contributed by atoms with Crippen molar-refractivity contribution in [2.45, 2.75) is 25.8 Å². The van der Waals surface area contributed by atoms with Crippen LogP contribution < -0.4 is 24.8 Å². The average molecular weight is 442 g/mol. The molecule has 1 aliphatic heterocycles. The molecule has 0 aliphatic carbocycles. The first-order valence-electron chi connectivity index (χ1n) is 10.7. The predicted molar refractivity (Wildman–Crippen MR) is 124 cm³/mol. The third kappa shape index (κ3) is 5.50. The standard InChI is InChI=1S/C24H31N3O5/c1-16(23(28)26-20-15-18(30-2)9-10-22(20)32-4)27-13-11-17(12-14-27)24(29)25-19-7-5-6-8-21(19)31-3/h5-10,15-17H,11-14H2,1-4H3,(H,25,29)(H,26,28). The molecule has 1 saturated heterocycles. The van der Waals surface area contributed by atoms with E-state index in [2.05, 4.69) is 15.5 Å². The van der Waals surface area contributed by atoms with Gasteiger partial charge in [0.1, 0.15) is 17.2 Å². The van der Waals surface area contributed by atoms with Crippen molar-refractivity contribution in [3.05, 3.63) is 42.5 Å². The topological polar surface area (TPSA) is 89.1 Å². The number of nitrogens with one attached hydrogen (secondary N) is 2. The van der Waals surface area contributed by atoms with Crippen LogP contribution in [0.1, 0.15) is 19.8 Å². The smallest absolute Gasteiger partial charge is 0.241 e. The highest BCUT2D eigenvalue weighted by Crippen LogP contribution is 2.30. The molecule has 1 fully saturated rings. The van der Waals surface area contributed by atoms with Crippen LogP contribution in [-0.4, -0.2) is 57.2 Å². The second-order valence-corrected chi connectivity index (χ2v) is 7.73. The summed E-state index contributed by atoms with van der Waals surface area (Å²) in [6.07, 6.45) is 1.36. The Labute approximate surface area is 188 Å². The third-order valence-corrected chi connectivity index (χ3v) is 5.86. The number of benzene rings is 2. The van der Waals surface area contributed by atoms with Crippen LogP contribution in [0.5, 0.6) is 17.2 Å². The fourth-order valence-corrected chi connectivity index (χ4v) is 3.85. The van der Waals surface area contributed by atoms with Gasteiger partial charge in [0.2, 0.25) is 11.8 Å². The molecule has 8 nitrogen and oxygen atoms in total. The molecule has 0 spiro atoms. The summed E-state index contributed by atoms with van der Waals surface area (Å²) >= 11 is 0. The normalized spacial score (nSPS) is 15.5. The van der Waals surface area contributed by atoms with Gasteiger partial charge in [-0.05, 0) is 57.1 Å². The number of nitrogens with zero attached hydrogens (tertiary/aromatic N) is 1. The van der Waals surface area contributed by atoms with Crippen molar-refractivity contribution in [2.24, 2.45) is 5.92 Å². The minimum absolute atomic E-state index is 0.0210. The number of likely N-dealkylation sites (tertiary alicyclic amines) is 1. The van der Waals surface area contributed by atoms with Crippen LogP contribution in [0.3, 0.4) is 0 Å². The molecule has 1 atom stereocenters. The molecule has 2 N–H and O–H groups in total. The molecule has 0 saturated carbocycles. The van der Waals surface area contributed by atoms with Crippen LogP contribution in [0.4, 0.5) is 11.4 Å². The highest BCUT2D eigenvalue weighted by atomic mass is 16.5. The molecule has 0 bridgehead atoms. The Hall–Kier alpha value is -3.26. The van der Waals surface area contributed by atoms with Gasteiger partial charge in [-0.1, -0.05) is 12.1 Å². The maximum atomic E-state index is 12.9. The van der Waals surface area contributed by atoms with Gasteiger partial charge >= 0.3 is 0 Å². The number of carbonyl (C=O) groups is 2. The number of methoxy groups -OCH3 is 3.